The average molecular weight is 224 g/mol. The maximum atomic E-state index is 11.5. The molecule has 2 fully saturated rings. The number of primary amides is 1. The number of hydrogen-bond acceptors (Lipinski definition) is 2. The van der Waals surface area contributed by atoms with Gasteiger partial charge in [-0.3, -0.25) is 4.79 Å². The van der Waals surface area contributed by atoms with E-state index in [0.29, 0.717) is 5.92 Å². The second-order valence-electron chi connectivity index (χ2n) is 5.75. The third-order valence-corrected chi connectivity index (χ3v) is 4.16. The predicted molar refractivity (Wildman–Crippen MR) is 64.8 cm³/mol. The van der Waals surface area contributed by atoms with Crippen LogP contribution in [0.4, 0.5) is 0 Å². The summed E-state index contributed by atoms with van der Waals surface area (Å²) in [4.78, 5) is 11.5. The molecule has 1 amide bonds. The summed E-state index contributed by atoms with van der Waals surface area (Å²) in [5.74, 6) is 1.96. The summed E-state index contributed by atoms with van der Waals surface area (Å²) in [6, 6.07) is -0.0758. The Morgan fingerprint density at radius 2 is 1.88 bits per heavy atom. The maximum Gasteiger partial charge on any atom is 0.234 e. The molecule has 2 aliphatic rings. The van der Waals surface area contributed by atoms with Crippen molar-refractivity contribution in [1.29, 1.82) is 0 Å². The number of nitrogens with one attached hydrogen (secondary N) is 1. The minimum Gasteiger partial charge on any atom is -0.368 e. The van der Waals surface area contributed by atoms with Gasteiger partial charge in [-0.25, -0.2) is 0 Å². The van der Waals surface area contributed by atoms with Gasteiger partial charge in [0.15, 0.2) is 0 Å². The highest BCUT2D eigenvalue weighted by Gasteiger charge is 2.31. The molecule has 3 nitrogen and oxygen atoms in total. The monoisotopic (exact) mass is 224 g/mol. The van der Waals surface area contributed by atoms with Crippen molar-refractivity contribution in [3.63, 3.8) is 0 Å². The Morgan fingerprint density at radius 1 is 1.25 bits per heavy atom. The Labute approximate surface area is 98.2 Å². The van der Waals surface area contributed by atoms with Crippen molar-refractivity contribution in [2.45, 2.75) is 51.5 Å². The Bertz CT molecular complexity index is 242. The van der Waals surface area contributed by atoms with E-state index in [1.807, 2.05) is 0 Å². The van der Waals surface area contributed by atoms with E-state index in [2.05, 4.69) is 12.2 Å². The Kier molecular flexibility index (Phi) is 3.85. The lowest BCUT2D eigenvalue weighted by Crippen LogP contribution is -2.48. The summed E-state index contributed by atoms with van der Waals surface area (Å²) in [7, 11) is 0. The number of hydrogen-bond donors (Lipinski definition) is 2. The normalized spacial score (nSPS) is 32.3. The van der Waals surface area contributed by atoms with Gasteiger partial charge in [0.05, 0.1) is 6.04 Å². The molecule has 0 aromatic carbocycles. The number of carbonyl (C=O) groups is 1. The van der Waals surface area contributed by atoms with Gasteiger partial charge in [0, 0.05) is 0 Å². The third kappa shape index (κ3) is 3.21. The highest BCUT2D eigenvalue weighted by atomic mass is 16.1. The van der Waals surface area contributed by atoms with Crippen molar-refractivity contribution in [1.82, 2.24) is 5.32 Å². The van der Waals surface area contributed by atoms with Crippen LogP contribution in [0, 0.1) is 17.8 Å². The fraction of sp³-hybridized carbons (Fsp3) is 0.923. The lowest BCUT2D eigenvalue weighted by Gasteiger charge is -2.31. The van der Waals surface area contributed by atoms with Crippen LogP contribution < -0.4 is 11.1 Å². The number of rotatable bonds is 5. The summed E-state index contributed by atoms with van der Waals surface area (Å²) in [5.41, 5.74) is 5.51. The summed E-state index contributed by atoms with van der Waals surface area (Å²) in [6.07, 6.45) is 7.46. The van der Waals surface area contributed by atoms with Crippen LogP contribution in [0.15, 0.2) is 0 Å². The molecule has 2 aliphatic carbocycles. The van der Waals surface area contributed by atoms with Crippen molar-refractivity contribution in [3.05, 3.63) is 0 Å². The van der Waals surface area contributed by atoms with Gasteiger partial charge in [-0.05, 0) is 50.0 Å². The van der Waals surface area contributed by atoms with Gasteiger partial charge >= 0.3 is 0 Å². The molecule has 16 heavy (non-hydrogen) atoms. The van der Waals surface area contributed by atoms with Gasteiger partial charge in [-0.15, -0.1) is 0 Å². The molecule has 0 aromatic rings. The summed E-state index contributed by atoms with van der Waals surface area (Å²) >= 11 is 0. The zero-order valence-corrected chi connectivity index (χ0v) is 10.2. The van der Waals surface area contributed by atoms with Crippen LogP contribution in [0.1, 0.15) is 45.4 Å². The van der Waals surface area contributed by atoms with E-state index in [0.717, 1.165) is 31.2 Å². The van der Waals surface area contributed by atoms with E-state index in [4.69, 9.17) is 5.73 Å². The van der Waals surface area contributed by atoms with Gasteiger partial charge in [0.25, 0.3) is 0 Å². The van der Waals surface area contributed by atoms with Gasteiger partial charge in [-0.2, -0.15) is 0 Å². The average Bonchev–Trinajstić information content (AvgIpc) is 3.04. The van der Waals surface area contributed by atoms with Gasteiger partial charge < -0.3 is 11.1 Å². The Hall–Kier alpha value is -0.570. The highest BCUT2D eigenvalue weighted by Crippen LogP contribution is 2.32. The largest absolute Gasteiger partial charge is 0.368 e. The fourth-order valence-electron chi connectivity index (χ4n) is 2.73. The smallest absolute Gasteiger partial charge is 0.234 e. The maximum absolute atomic E-state index is 11.5. The van der Waals surface area contributed by atoms with Crippen molar-refractivity contribution in [3.8, 4) is 0 Å². The fourth-order valence-corrected chi connectivity index (χ4v) is 2.73. The Balaban J connectivity index is 1.82. The van der Waals surface area contributed by atoms with Crippen molar-refractivity contribution in [2.75, 3.05) is 6.54 Å². The molecule has 0 spiro atoms. The first-order valence-electron chi connectivity index (χ1n) is 6.69. The van der Waals surface area contributed by atoms with Gasteiger partial charge in [0.2, 0.25) is 5.91 Å². The Morgan fingerprint density at radius 3 is 2.38 bits per heavy atom. The van der Waals surface area contributed by atoms with Crippen LogP contribution in [-0.4, -0.2) is 18.5 Å². The van der Waals surface area contributed by atoms with E-state index >= 15 is 0 Å². The first kappa shape index (κ1) is 11.9. The van der Waals surface area contributed by atoms with Crippen molar-refractivity contribution >= 4 is 5.91 Å². The molecule has 0 heterocycles. The van der Waals surface area contributed by atoms with Crippen molar-refractivity contribution < 1.29 is 4.79 Å². The summed E-state index contributed by atoms with van der Waals surface area (Å²) in [5, 5.41) is 3.39. The molecule has 1 unspecified atom stereocenters. The molecule has 0 saturated heterocycles. The molecule has 0 radical (unpaired) electrons. The van der Waals surface area contributed by atoms with Crippen LogP contribution in [-0.2, 0) is 4.79 Å². The first-order valence-corrected chi connectivity index (χ1v) is 6.69. The lowest BCUT2D eigenvalue weighted by molar-refractivity contribution is -0.121. The van der Waals surface area contributed by atoms with E-state index < -0.39 is 0 Å². The molecule has 1 atom stereocenters. The number of amides is 1. The van der Waals surface area contributed by atoms with E-state index in [1.165, 1.54) is 25.7 Å². The highest BCUT2D eigenvalue weighted by molar-refractivity contribution is 5.80. The molecule has 2 saturated carbocycles. The quantitative estimate of drug-likeness (QED) is 0.746. The molecular formula is C13H24N2O. The molecule has 3 N–H and O–H groups in total. The summed E-state index contributed by atoms with van der Waals surface area (Å²) < 4.78 is 0. The van der Waals surface area contributed by atoms with Gasteiger partial charge in [-0.1, -0.05) is 19.8 Å². The number of nitrogens with two attached hydrogens (primary N) is 1. The predicted octanol–water partition coefficient (Wildman–Crippen LogP) is 1.67. The standard InChI is InChI=1S/C13H24N2O/c1-9-2-6-11(7-3-9)12(13(14)16)15-8-10-4-5-10/h9-12,15H,2-8H2,1H3,(H2,14,16). The molecule has 3 heteroatoms. The molecule has 2 rings (SSSR count). The lowest BCUT2D eigenvalue weighted by atomic mass is 9.79. The van der Waals surface area contributed by atoms with E-state index in [9.17, 15) is 4.79 Å². The van der Waals surface area contributed by atoms with Crippen LogP contribution in [0.5, 0.6) is 0 Å². The second kappa shape index (κ2) is 5.17. The minimum absolute atomic E-state index is 0.0758. The van der Waals surface area contributed by atoms with E-state index in [-0.39, 0.29) is 11.9 Å². The van der Waals surface area contributed by atoms with Crippen LogP contribution in [0.3, 0.4) is 0 Å². The van der Waals surface area contributed by atoms with Gasteiger partial charge in [0.1, 0.15) is 0 Å². The molecule has 0 aliphatic heterocycles. The second-order valence-corrected chi connectivity index (χ2v) is 5.75. The van der Waals surface area contributed by atoms with Crippen LogP contribution >= 0.6 is 0 Å². The SMILES string of the molecule is CC1CCC(C(NCC2CC2)C(N)=O)CC1. The molecule has 92 valence electrons. The topological polar surface area (TPSA) is 55.1 Å². The molecule has 0 aromatic heterocycles. The van der Waals surface area contributed by atoms with Crippen LogP contribution in [0.25, 0.3) is 0 Å². The molecule has 0 bridgehead atoms. The van der Waals surface area contributed by atoms with Crippen LogP contribution in [0.2, 0.25) is 0 Å². The number of carbonyl (C=O) groups excluding carboxylic acids is 1. The third-order valence-electron chi connectivity index (χ3n) is 4.16. The zero-order chi connectivity index (χ0) is 11.5. The van der Waals surface area contributed by atoms with E-state index in [1.54, 1.807) is 0 Å². The minimum atomic E-state index is -0.153. The summed E-state index contributed by atoms with van der Waals surface area (Å²) in [6.45, 7) is 3.28. The molecular weight excluding hydrogens is 200 g/mol. The first-order chi connectivity index (χ1) is 7.66. The van der Waals surface area contributed by atoms with Crippen molar-refractivity contribution in [2.24, 2.45) is 23.5 Å². The zero-order valence-electron chi connectivity index (χ0n) is 10.2.